The maximum absolute atomic E-state index is 12.6. The number of carbonyl (C=O) groups is 2. The molecule has 2 amide bonds. The number of hydrogen-bond acceptors (Lipinski definition) is 13. The summed E-state index contributed by atoms with van der Waals surface area (Å²) in [4.78, 5) is 36.5. The molecule has 63 heavy (non-hydrogen) atoms. The van der Waals surface area contributed by atoms with Crippen LogP contribution in [0.5, 0.6) is 0 Å². The average molecular weight is 965 g/mol. The van der Waals surface area contributed by atoms with Crippen LogP contribution >= 0.6 is 69.1 Å². The highest BCUT2D eigenvalue weighted by Gasteiger charge is 2.34. The minimum atomic E-state index is -0.617. The molecule has 2 aliphatic heterocycles. The second-order valence-corrected chi connectivity index (χ2v) is 18.5. The molecule has 15 nitrogen and oxygen atoms in total. The zero-order valence-electron chi connectivity index (χ0n) is 34.6. The maximum Gasteiger partial charge on any atom is 0.253 e. The largest absolute Gasteiger partial charge is 0.424 e. The van der Waals surface area contributed by atoms with Crippen LogP contribution in [-0.2, 0) is 21.9 Å². The molecule has 324 valence electrons. The lowest BCUT2D eigenvalue weighted by Gasteiger charge is -2.13. The van der Waals surface area contributed by atoms with E-state index in [1.807, 2.05) is 66.9 Å². The van der Waals surface area contributed by atoms with Crippen molar-refractivity contribution in [1.82, 2.24) is 50.6 Å². The van der Waals surface area contributed by atoms with Gasteiger partial charge in [-0.15, -0.1) is 76.5 Å². The Morgan fingerprint density at radius 1 is 0.635 bits per heavy atom. The number of thiophene rings is 2. The summed E-state index contributed by atoms with van der Waals surface area (Å²) >= 11 is 26.9. The Hall–Kier alpha value is -5.30. The number of rotatable bonds is 8. The number of aromatic nitrogens is 8. The number of nitrogens with zero attached hydrogens (tertiary/aromatic N) is 10. The number of hydrogen-bond donors (Lipinski definition) is 2. The Balaban J connectivity index is 0.000000173. The van der Waals surface area contributed by atoms with Gasteiger partial charge >= 0.3 is 0 Å². The number of aryl methyl sites for hydroxylation is 4. The molecule has 0 radical (unpaired) electrons. The lowest BCUT2D eigenvalue weighted by molar-refractivity contribution is -0.127. The second kappa shape index (κ2) is 18.4. The quantitative estimate of drug-likeness (QED) is 0.111. The van der Waals surface area contributed by atoms with Gasteiger partial charge in [-0.1, -0.05) is 47.5 Å². The molecular formula is C42H38Cl4N12O3S2. The molecule has 7 heterocycles. The number of halogens is 4. The zero-order valence-corrected chi connectivity index (χ0v) is 39.3. The van der Waals surface area contributed by atoms with Crippen molar-refractivity contribution in [3.8, 4) is 10.0 Å². The first-order chi connectivity index (χ1) is 30.3. The monoisotopic (exact) mass is 962 g/mol. The van der Waals surface area contributed by atoms with Crippen LogP contribution < -0.4 is 10.9 Å². The molecule has 2 atom stereocenters. The first-order valence-corrected chi connectivity index (χ1v) is 23.0. The molecule has 7 aromatic rings. The predicted octanol–water partition coefficient (Wildman–Crippen LogP) is 8.74. The second-order valence-electron chi connectivity index (χ2n) is 14.7. The predicted molar refractivity (Wildman–Crippen MR) is 246 cm³/mol. The van der Waals surface area contributed by atoms with Gasteiger partial charge in [-0.05, 0) is 76.9 Å². The zero-order chi connectivity index (χ0) is 44.7. The number of fused-ring (bicyclic) bond motifs is 6. The smallest absolute Gasteiger partial charge is 0.253 e. The van der Waals surface area contributed by atoms with Crippen LogP contribution in [0.15, 0.2) is 62.9 Å². The summed E-state index contributed by atoms with van der Waals surface area (Å²) in [6, 6.07) is 14.2. The van der Waals surface area contributed by atoms with E-state index in [4.69, 9.17) is 60.8 Å². The van der Waals surface area contributed by atoms with Crippen molar-refractivity contribution in [3.63, 3.8) is 0 Å². The van der Waals surface area contributed by atoms with Crippen molar-refractivity contribution >= 4 is 92.3 Å². The molecule has 0 saturated heterocycles. The first-order valence-electron chi connectivity index (χ1n) is 19.5. The van der Waals surface area contributed by atoms with Crippen LogP contribution in [0.2, 0.25) is 10.0 Å². The van der Waals surface area contributed by atoms with E-state index in [9.17, 15) is 9.59 Å². The number of nitrogens with one attached hydrogen (secondary N) is 2. The highest BCUT2D eigenvalue weighted by Crippen LogP contribution is 2.41. The van der Waals surface area contributed by atoms with Gasteiger partial charge < -0.3 is 4.42 Å². The van der Waals surface area contributed by atoms with Gasteiger partial charge in [-0.25, -0.2) is 0 Å². The third-order valence-electron chi connectivity index (χ3n) is 10.5. The van der Waals surface area contributed by atoms with E-state index < -0.39 is 17.9 Å². The Morgan fingerprint density at radius 2 is 1.10 bits per heavy atom. The molecule has 0 aliphatic carbocycles. The van der Waals surface area contributed by atoms with Crippen molar-refractivity contribution < 1.29 is 14.0 Å². The van der Waals surface area contributed by atoms with Crippen molar-refractivity contribution in [3.05, 3.63) is 137 Å². The maximum atomic E-state index is 12.6. The molecule has 0 bridgehead atoms. The summed E-state index contributed by atoms with van der Waals surface area (Å²) in [6.45, 7) is 12.2. The van der Waals surface area contributed by atoms with Gasteiger partial charge in [-0.3, -0.25) is 39.6 Å². The minimum Gasteiger partial charge on any atom is -0.424 e. The molecule has 2 aromatic carbocycles. The Morgan fingerprint density at radius 3 is 1.57 bits per heavy atom. The Kier molecular flexibility index (Phi) is 13.0. The summed E-state index contributed by atoms with van der Waals surface area (Å²) < 4.78 is 9.71. The van der Waals surface area contributed by atoms with E-state index in [2.05, 4.69) is 73.7 Å². The average Bonchev–Trinajstić information content (AvgIpc) is 4.07. The van der Waals surface area contributed by atoms with Gasteiger partial charge in [0.2, 0.25) is 17.7 Å². The van der Waals surface area contributed by atoms with Crippen LogP contribution in [0, 0.1) is 41.5 Å². The molecule has 2 aliphatic rings. The fraction of sp³-hybridized carbons (Fsp3) is 0.286. The van der Waals surface area contributed by atoms with E-state index in [0.29, 0.717) is 39.9 Å². The lowest BCUT2D eigenvalue weighted by atomic mass is 9.99. The van der Waals surface area contributed by atoms with Crippen LogP contribution in [0.3, 0.4) is 0 Å². The van der Waals surface area contributed by atoms with Gasteiger partial charge in [0, 0.05) is 42.1 Å². The summed E-state index contributed by atoms with van der Waals surface area (Å²) in [6.07, 6.45) is 0.358. The normalized spacial score (nSPS) is 15.1. The van der Waals surface area contributed by atoms with Gasteiger partial charge in [0.05, 0.1) is 24.3 Å². The van der Waals surface area contributed by atoms with E-state index in [1.54, 1.807) is 22.7 Å². The van der Waals surface area contributed by atoms with Gasteiger partial charge in [0.1, 0.15) is 45.5 Å². The highest BCUT2D eigenvalue weighted by molar-refractivity contribution is 7.15. The van der Waals surface area contributed by atoms with E-state index in [1.165, 1.54) is 10.4 Å². The Labute approximate surface area is 389 Å². The summed E-state index contributed by atoms with van der Waals surface area (Å²) in [5.41, 5.74) is 12.5. The third-order valence-corrected chi connectivity index (χ3v) is 13.9. The summed E-state index contributed by atoms with van der Waals surface area (Å²) in [5, 5.41) is 28.8. The molecule has 9 rings (SSSR count). The van der Waals surface area contributed by atoms with Crippen molar-refractivity contribution in [2.45, 2.75) is 72.3 Å². The lowest BCUT2D eigenvalue weighted by Crippen LogP contribution is -2.42. The van der Waals surface area contributed by atoms with Crippen LogP contribution in [0.4, 0.5) is 0 Å². The number of amides is 2. The fourth-order valence-corrected chi connectivity index (χ4v) is 10.1. The van der Waals surface area contributed by atoms with Crippen LogP contribution in [0.25, 0.3) is 10.0 Å². The number of carbonyl (C=O) groups excluding carboxylic acids is 2. The molecule has 5 aromatic heterocycles. The molecule has 0 fully saturated rings. The number of hydrazine groups is 1. The van der Waals surface area contributed by atoms with Gasteiger partial charge in [0.25, 0.3) is 5.91 Å². The van der Waals surface area contributed by atoms with E-state index >= 15 is 0 Å². The van der Waals surface area contributed by atoms with Crippen molar-refractivity contribution in [1.29, 1.82) is 0 Å². The van der Waals surface area contributed by atoms with Crippen LogP contribution in [-0.4, -0.2) is 68.8 Å². The van der Waals surface area contributed by atoms with Crippen LogP contribution in [0.1, 0.15) is 96.7 Å². The molecular weight excluding hydrogens is 926 g/mol. The summed E-state index contributed by atoms with van der Waals surface area (Å²) in [5.74, 6) is 2.66. The molecule has 0 unspecified atom stereocenters. The third kappa shape index (κ3) is 8.82. The molecule has 2 N–H and O–H groups in total. The standard InChI is InChI=1S/C21H20Cl2N6O2S.C21H18Cl2N6OS/c1-10-11(2)32-21-18(10)19(13-4-6-14(23)7-5-13)24-15(20-28-25-12(3)29(20)21)8-16(30)26-27-17(31)9-22;1-10-11(2)31-21-18(10)19(13-4-6-14(23)7-5-13)24-15(20-28-25-12(3)29(20)21)8-16-26-27-17(9-22)30-16/h4-7,15H,8-9H2,1-3H3,(H,26,30)(H,27,31);4-7,15H,8-9H2,1-3H3/t2*15-/m00/s1. The number of benzene rings is 2. The van der Waals surface area contributed by atoms with Gasteiger partial charge in [0.15, 0.2) is 11.6 Å². The topological polar surface area (TPSA) is 183 Å². The van der Waals surface area contributed by atoms with E-state index in [0.717, 1.165) is 65.8 Å². The fourth-order valence-electron chi connectivity index (χ4n) is 7.25. The minimum absolute atomic E-state index is 0.0369. The number of aliphatic imine (C=N–C) groups is 2. The van der Waals surface area contributed by atoms with Crippen molar-refractivity contribution in [2.75, 3.05) is 5.88 Å². The summed E-state index contributed by atoms with van der Waals surface area (Å²) in [7, 11) is 0. The molecule has 0 spiro atoms. The highest BCUT2D eigenvalue weighted by atomic mass is 35.5. The van der Waals surface area contributed by atoms with Crippen molar-refractivity contribution in [2.24, 2.45) is 9.98 Å². The number of alkyl halides is 2. The first kappa shape index (κ1) is 44.3. The van der Waals surface area contributed by atoms with E-state index in [-0.39, 0.29) is 24.2 Å². The Bertz CT molecular complexity index is 2930. The molecule has 0 saturated carbocycles. The van der Waals surface area contributed by atoms with Gasteiger partial charge in [-0.2, -0.15) is 0 Å². The SMILES string of the molecule is Cc1sc2c(c1C)C(c1ccc(Cl)cc1)=N[C@@H](CC(=O)NNC(=O)CCl)c1nnc(C)n1-2.Cc1sc2c(c1C)C(c1ccc(Cl)cc1)=N[C@@H](Cc1nnc(CCl)o1)c1nnc(C)n1-2. The molecule has 21 heteroatoms.